The standard InChI is InChI=1S/C16H16F3N3O3/c1-10-3-4-12(11(2)7-10)20-13(23)8-21-5-6-22(9-16(17,18)19)15(25)14(21)24/h3-7H,8-9H2,1-2H3,(H,20,23). The van der Waals surface area contributed by atoms with Crippen molar-refractivity contribution >= 4 is 11.6 Å². The average molecular weight is 355 g/mol. The SMILES string of the molecule is Cc1ccc(NC(=O)Cn2ccn(CC(F)(F)F)c(=O)c2=O)c(C)c1. The molecule has 0 unspecified atom stereocenters. The molecule has 25 heavy (non-hydrogen) atoms. The molecule has 0 aliphatic rings. The second-order valence-electron chi connectivity index (χ2n) is 5.65. The van der Waals surface area contributed by atoms with Crippen LogP contribution in [0.3, 0.4) is 0 Å². The maximum absolute atomic E-state index is 12.3. The van der Waals surface area contributed by atoms with E-state index in [1.54, 1.807) is 19.1 Å². The van der Waals surface area contributed by atoms with Gasteiger partial charge in [0.25, 0.3) is 0 Å². The van der Waals surface area contributed by atoms with Gasteiger partial charge in [0, 0.05) is 18.1 Å². The molecule has 1 N–H and O–H groups in total. The van der Waals surface area contributed by atoms with Crippen molar-refractivity contribution in [2.24, 2.45) is 0 Å². The predicted octanol–water partition coefficient (Wildman–Crippen LogP) is 1.83. The molecule has 1 aromatic heterocycles. The molecule has 0 saturated heterocycles. The van der Waals surface area contributed by atoms with Crippen LogP contribution in [0.15, 0.2) is 40.2 Å². The Hall–Kier alpha value is -2.84. The smallest absolute Gasteiger partial charge is 0.324 e. The summed E-state index contributed by atoms with van der Waals surface area (Å²) < 4.78 is 38.1. The molecule has 0 spiro atoms. The van der Waals surface area contributed by atoms with E-state index < -0.39 is 36.3 Å². The Morgan fingerprint density at radius 1 is 1.08 bits per heavy atom. The lowest BCUT2D eigenvalue weighted by molar-refractivity contribution is -0.141. The van der Waals surface area contributed by atoms with Gasteiger partial charge in [0.1, 0.15) is 13.1 Å². The molecule has 134 valence electrons. The first-order chi connectivity index (χ1) is 11.6. The Morgan fingerprint density at radius 3 is 2.28 bits per heavy atom. The van der Waals surface area contributed by atoms with Crippen LogP contribution in [0.2, 0.25) is 0 Å². The zero-order valence-corrected chi connectivity index (χ0v) is 13.6. The molecule has 1 amide bonds. The highest BCUT2D eigenvalue weighted by Crippen LogP contribution is 2.16. The third kappa shape index (κ3) is 4.82. The molecule has 2 rings (SSSR count). The molecule has 1 aromatic carbocycles. The van der Waals surface area contributed by atoms with Gasteiger partial charge in [-0.2, -0.15) is 13.2 Å². The van der Waals surface area contributed by atoms with E-state index in [9.17, 15) is 27.6 Å². The van der Waals surface area contributed by atoms with Crippen LogP contribution >= 0.6 is 0 Å². The number of halogens is 3. The first kappa shape index (κ1) is 18.5. The van der Waals surface area contributed by atoms with Crippen LogP contribution in [0.1, 0.15) is 11.1 Å². The van der Waals surface area contributed by atoms with E-state index in [2.05, 4.69) is 5.32 Å². The Balaban J connectivity index is 2.17. The number of benzene rings is 1. The van der Waals surface area contributed by atoms with Gasteiger partial charge in [-0.25, -0.2) is 0 Å². The van der Waals surface area contributed by atoms with Crippen LogP contribution in [0.5, 0.6) is 0 Å². The summed E-state index contributed by atoms with van der Waals surface area (Å²) in [5.41, 5.74) is -0.142. The minimum atomic E-state index is -4.62. The third-order valence-electron chi connectivity index (χ3n) is 3.45. The molecular weight excluding hydrogens is 339 g/mol. The maximum Gasteiger partial charge on any atom is 0.406 e. The van der Waals surface area contributed by atoms with E-state index >= 15 is 0 Å². The van der Waals surface area contributed by atoms with Crippen molar-refractivity contribution in [1.29, 1.82) is 0 Å². The molecule has 2 aromatic rings. The molecule has 1 heterocycles. The van der Waals surface area contributed by atoms with Gasteiger partial charge in [-0.05, 0) is 25.5 Å². The van der Waals surface area contributed by atoms with Gasteiger partial charge in [0.05, 0.1) is 0 Å². The van der Waals surface area contributed by atoms with Gasteiger partial charge in [-0.3, -0.25) is 19.0 Å². The zero-order chi connectivity index (χ0) is 18.8. The summed E-state index contributed by atoms with van der Waals surface area (Å²) in [6.07, 6.45) is -2.80. The van der Waals surface area contributed by atoms with Crippen molar-refractivity contribution in [3.05, 3.63) is 62.4 Å². The minimum absolute atomic E-state index is 0.265. The fraction of sp³-hybridized carbons (Fsp3) is 0.312. The third-order valence-corrected chi connectivity index (χ3v) is 3.45. The lowest BCUT2D eigenvalue weighted by Crippen LogP contribution is -2.43. The summed E-state index contributed by atoms with van der Waals surface area (Å²) in [6, 6.07) is 5.36. The van der Waals surface area contributed by atoms with E-state index in [1.807, 2.05) is 13.0 Å². The fourth-order valence-electron chi connectivity index (χ4n) is 2.28. The quantitative estimate of drug-likeness (QED) is 0.851. The fourth-order valence-corrected chi connectivity index (χ4v) is 2.28. The molecule has 9 heteroatoms. The number of amides is 1. The van der Waals surface area contributed by atoms with Crippen LogP contribution in [0.4, 0.5) is 18.9 Å². The molecule has 6 nitrogen and oxygen atoms in total. The first-order valence-corrected chi connectivity index (χ1v) is 7.30. The average Bonchev–Trinajstić information content (AvgIpc) is 2.49. The van der Waals surface area contributed by atoms with E-state index in [1.165, 1.54) is 0 Å². The molecule has 0 bridgehead atoms. The number of hydrogen-bond donors (Lipinski definition) is 1. The van der Waals surface area contributed by atoms with Crippen molar-refractivity contribution in [2.45, 2.75) is 33.1 Å². The van der Waals surface area contributed by atoms with E-state index in [0.29, 0.717) is 5.69 Å². The highest BCUT2D eigenvalue weighted by Gasteiger charge is 2.28. The van der Waals surface area contributed by atoms with Gasteiger partial charge in [0.15, 0.2) is 0 Å². The van der Waals surface area contributed by atoms with Gasteiger partial charge < -0.3 is 9.88 Å². The van der Waals surface area contributed by atoms with Crippen LogP contribution in [-0.2, 0) is 17.9 Å². The number of anilines is 1. The zero-order valence-electron chi connectivity index (χ0n) is 13.6. The van der Waals surface area contributed by atoms with Gasteiger partial charge >= 0.3 is 17.3 Å². The normalized spacial score (nSPS) is 11.4. The van der Waals surface area contributed by atoms with Crippen molar-refractivity contribution in [3.8, 4) is 0 Å². The highest BCUT2D eigenvalue weighted by molar-refractivity contribution is 5.91. The second kappa shape index (κ2) is 6.96. The number of nitrogens with zero attached hydrogens (tertiary/aromatic N) is 2. The lowest BCUT2D eigenvalue weighted by atomic mass is 10.1. The summed E-state index contributed by atoms with van der Waals surface area (Å²) in [7, 11) is 0. The number of carbonyl (C=O) groups is 1. The monoisotopic (exact) mass is 355 g/mol. The topological polar surface area (TPSA) is 73.1 Å². The Kier molecular flexibility index (Phi) is 5.15. The summed E-state index contributed by atoms with van der Waals surface area (Å²) in [5.74, 6) is -0.568. The van der Waals surface area contributed by atoms with Crippen molar-refractivity contribution in [2.75, 3.05) is 5.32 Å². The number of carbonyl (C=O) groups excluding carboxylic acids is 1. The molecule has 0 aliphatic carbocycles. The number of hydrogen-bond acceptors (Lipinski definition) is 3. The Bertz CT molecular complexity index is 913. The summed E-state index contributed by atoms with van der Waals surface area (Å²) in [4.78, 5) is 35.6. The second-order valence-corrected chi connectivity index (χ2v) is 5.65. The number of aryl methyl sites for hydroxylation is 2. The van der Waals surface area contributed by atoms with Gasteiger partial charge in [-0.15, -0.1) is 0 Å². The largest absolute Gasteiger partial charge is 0.406 e. The molecule has 0 fully saturated rings. The van der Waals surface area contributed by atoms with E-state index in [4.69, 9.17) is 0 Å². The summed E-state index contributed by atoms with van der Waals surface area (Å²) in [5, 5.41) is 2.60. The van der Waals surface area contributed by atoms with Crippen LogP contribution in [0, 0.1) is 13.8 Å². The highest BCUT2D eigenvalue weighted by atomic mass is 19.4. The Labute approximate surface area is 140 Å². The van der Waals surface area contributed by atoms with Crippen molar-refractivity contribution in [1.82, 2.24) is 9.13 Å². The van der Waals surface area contributed by atoms with Crippen molar-refractivity contribution in [3.63, 3.8) is 0 Å². The number of aromatic nitrogens is 2. The summed E-state index contributed by atoms with van der Waals surface area (Å²) in [6.45, 7) is 1.66. The Morgan fingerprint density at radius 2 is 1.68 bits per heavy atom. The molecule has 0 aliphatic heterocycles. The van der Waals surface area contributed by atoms with E-state index in [0.717, 1.165) is 28.1 Å². The van der Waals surface area contributed by atoms with Gasteiger partial charge in [-0.1, -0.05) is 17.7 Å². The number of nitrogens with one attached hydrogen (secondary N) is 1. The number of rotatable bonds is 4. The first-order valence-electron chi connectivity index (χ1n) is 7.30. The molecule has 0 atom stereocenters. The molecule has 0 radical (unpaired) electrons. The predicted molar refractivity (Wildman–Crippen MR) is 85.6 cm³/mol. The van der Waals surface area contributed by atoms with Crippen LogP contribution < -0.4 is 16.4 Å². The lowest BCUT2D eigenvalue weighted by Gasteiger charge is -2.12. The minimum Gasteiger partial charge on any atom is -0.324 e. The van der Waals surface area contributed by atoms with Crippen LogP contribution in [-0.4, -0.2) is 21.2 Å². The van der Waals surface area contributed by atoms with Crippen molar-refractivity contribution < 1.29 is 18.0 Å². The molecular formula is C16H16F3N3O3. The molecule has 0 saturated carbocycles. The van der Waals surface area contributed by atoms with E-state index in [-0.39, 0.29) is 4.57 Å². The number of alkyl halides is 3. The summed E-state index contributed by atoms with van der Waals surface area (Å²) >= 11 is 0. The maximum atomic E-state index is 12.3. The van der Waals surface area contributed by atoms with Gasteiger partial charge in [0.2, 0.25) is 5.91 Å². The van der Waals surface area contributed by atoms with Crippen LogP contribution in [0.25, 0.3) is 0 Å².